The zero-order chi connectivity index (χ0) is 15.4. The van der Waals surface area contributed by atoms with Gasteiger partial charge in [0.15, 0.2) is 0 Å². The van der Waals surface area contributed by atoms with Crippen LogP contribution in [0.5, 0.6) is 0 Å². The Hall–Kier alpha value is -1.83. The molecule has 0 spiro atoms. The van der Waals surface area contributed by atoms with Gasteiger partial charge in [0, 0.05) is 0 Å². The molecule has 0 fully saturated rings. The van der Waals surface area contributed by atoms with Crippen molar-refractivity contribution in [2.75, 3.05) is 18.0 Å². The first kappa shape index (κ1) is 15.1. The average Bonchev–Trinajstić information content (AvgIpc) is 2.98. The second-order valence-electron chi connectivity index (χ2n) is 5.12. The van der Waals surface area contributed by atoms with Crippen molar-refractivity contribution in [3.05, 3.63) is 58.7 Å². The monoisotopic (exact) mass is 356 g/mol. The van der Waals surface area contributed by atoms with Gasteiger partial charge in [-0.1, -0.05) is 0 Å². The van der Waals surface area contributed by atoms with Crippen molar-refractivity contribution in [3.8, 4) is 0 Å². The zero-order valence-corrected chi connectivity index (χ0v) is 14.7. The summed E-state index contributed by atoms with van der Waals surface area (Å²) < 4.78 is 2.58. The van der Waals surface area contributed by atoms with Crippen LogP contribution in [-0.2, 0) is 0 Å². The number of para-hydroxylation sites is 1. The van der Waals surface area contributed by atoms with Gasteiger partial charge in [-0.2, -0.15) is 0 Å². The maximum absolute atomic E-state index is 4.69. The van der Waals surface area contributed by atoms with Gasteiger partial charge in [0.05, 0.1) is 0 Å². The predicted octanol–water partition coefficient (Wildman–Crippen LogP) is 4.31. The third-order valence-corrected chi connectivity index (χ3v) is 5.85. The van der Waals surface area contributed by atoms with Gasteiger partial charge in [-0.3, -0.25) is 0 Å². The summed E-state index contributed by atoms with van der Waals surface area (Å²) in [6.45, 7) is 6.47. The number of hydrogen-bond acceptors (Lipinski definition) is 2. The van der Waals surface area contributed by atoms with Crippen LogP contribution >= 0.6 is 0 Å². The molecule has 2 aromatic carbocycles. The molecule has 0 bridgehead atoms. The minimum absolute atomic E-state index is 0.342. The number of fused-ring (bicyclic) bond motifs is 1. The molecular formula is C19H20N2Se. The summed E-state index contributed by atoms with van der Waals surface area (Å²) in [6, 6.07) is 17.2. The fourth-order valence-corrected chi connectivity index (χ4v) is 4.34. The van der Waals surface area contributed by atoms with E-state index in [0.29, 0.717) is 14.5 Å². The van der Waals surface area contributed by atoms with E-state index in [4.69, 9.17) is 0 Å². The standard InChI is InChI=1S/C19H20N2Se/c1-3-21(4-2)16-12-9-15(10-13-16)11-14-19-20-17-7-5-6-8-18(17)22-19/h5-14H,3-4H2,1-2H3. The Morgan fingerprint density at radius 2 is 1.68 bits per heavy atom. The van der Waals surface area contributed by atoms with Gasteiger partial charge in [-0.05, 0) is 0 Å². The third-order valence-electron chi connectivity index (χ3n) is 3.75. The molecule has 0 aliphatic heterocycles. The van der Waals surface area contributed by atoms with Crippen LogP contribution in [-0.4, -0.2) is 32.6 Å². The van der Waals surface area contributed by atoms with Gasteiger partial charge in [-0.15, -0.1) is 0 Å². The Balaban J connectivity index is 1.77. The quantitative estimate of drug-likeness (QED) is 0.634. The molecule has 0 amide bonds. The molecule has 0 saturated heterocycles. The van der Waals surface area contributed by atoms with E-state index in [1.807, 2.05) is 0 Å². The molecule has 1 heterocycles. The Morgan fingerprint density at radius 1 is 0.955 bits per heavy atom. The zero-order valence-electron chi connectivity index (χ0n) is 13.0. The molecular weight excluding hydrogens is 335 g/mol. The second-order valence-corrected chi connectivity index (χ2v) is 7.35. The average molecular weight is 355 g/mol. The van der Waals surface area contributed by atoms with Crippen molar-refractivity contribution in [2.24, 2.45) is 0 Å². The van der Waals surface area contributed by atoms with Crippen molar-refractivity contribution < 1.29 is 0 Å². The van der Waals surface area contributed by atoms with Crippen molar-refractivity contribution in [1.29, 1.82) is 0 Å². The molecule has 3 heteroatoms. The molecule has 22 heavy (non-hydrogen) atoms. The van der Waals surface area contributed by atoms with E-state index >= 15 is 0 Å². The van der Waals surface area contributed by atoms with Crippen LogP contribution in [0.4, 0.5) is 5.69 Å². The number of benzene rings is 2. The van der Waals surface area contributed by atoms with Gasteiger partial charge < -0.3 is 0 Å². The van der Waals surface area contributed by atoms with Crippen LogP contribution in [0.25, 0.3) is 21.9 Å². The summed E-state index contributed by atoms with van der Waals surface area (Å²) in [4.78, 5) is 7.04. The molecule has 112 valence electrons. The Kier molecular flexibility index (Phi) is 4.77. The summed E-state index contributed by atoms with van der Waals surface area (Å²) in [5.74, 6) is 0. The van der Waals surface area contributed by atoms with Gasteiger partial charge in [0.2, 0.25) is 0 Å². The summed E-state index contributed by atoms with van der Waals surface area (Å²) in [5.41, 5.74) is 3.65. The van der Waals surface area contributed by atoms with Crippen molar-refractivity contribution in [2.45, 2.75) is 13.8 Å². The fraction of sp³-hybridized carbons (Fsp3) is 0.211. The number of anilines is 1. The first-order chi connectivity index (χ1) is 10.8. The molecule has 3 rings (SSSR count). The molecule has 0 saturated carbocycles. The Bertz CT molecular complexity index is 734. The van der Waals surface area contributed by atoms with Crippen LogP contribution in [0.3, 0.4) is 0 Å². The molecule has 0 atom stereocenters. The topological polar surface area (TPSA) is 16.1 Å². The van der Waals surface area contributed by atoms with E-state index < -0.39 is 0 Å². The van der Waals surface area contributed by atoms with Crippen LogP contribution in [0.1, 0.15) is 24.0 Å². The van der Waals surface area contributed by atoms with Gasteiger partial charge >= 0.3 is 138 Å². The molecule has 0 unspecified atom stereocenters. The van der Waals surface area contributed by atoms with Crippen LogP contribution in [0.2, 0.25) is 0 Å². The van der Waals surface area contributed by atoms with E-state index in [2.05, 4.69) is 84.4 Å². The van der Waals surface area contributed by atoms with Crippen LogP contribution in [0.15, 0.2) is 48.5 Å². The van der Waals surface area contributed by atoms with Crippen molar-refractivity contribution in [3.63, 3.8) is 0 Å². The van der Waals surface area contributed by atoms with Gasteiger partial charge in [0.25, 0.3) is 0 Å². The maximum atomic E-state index is 4.69. The van der Waals surface area contributed by atoms with E-state index in [9.17, 15) is 0 Å². The number of hydrogen-bond donors (Lipinski definition) is 0. The van der Waals surface area contributed by atoms with E-state index in [0.717, 1.165) is 18.6 Å². The minimum atomic E-state index is 0.342. The normalized spacial score (nSPS) is 11.4. The van der Waals surface area contributed by atoms with Crippen molar-refractivity contribution >= 4 is 42.1 Å². The fourth-order valence-electron chi connectivity index (χ4n) is 2.51. The molecule has 0 N–H and O–H groups in total. The summed E-state index contributed by atoms with van der Waals surface area (Å²) in [5, 5.41) is 0. The van der Waals surface area contributed by atoms with E-state index in [1.54, 1.807) is 0 Å². The Morgan fingerprint density at radius 3 is 2.36 bits per heavy atom. The van der Waals surface area contributed by atoms with Crippen molar-refractivity contribution in [1.82, 2.24) is 4.98 Å². The molecule has 3 aromatic rings. The molecule has 0 radical (unpaired) electrons. The number of aromatic nitrogens is 1. The molecule has 0 aliphatic carbocycles. The molecule has 0 aliphatic rings. The first-order valence-corrected chi connectivity index (χ1v) is 9.40. The molecule has 2 nitrogen and oxygen atoms in total. The predicted molar refractivity (Wildman–Crippen MR) is 97.6 cm³/mol. The van der Waals surface area contributed by atoms with E-state index in [-0.39, 0.29) is 0 Å². The summed E-state index contributed by atoms with van der Waals surface area (Å²) in [7, 11) is 0. The SMILES string of the molecule is CCN(CC)c1ccc(C=Cc2nc3ccccc3[se]2)cc1. The number of nitrogens with zero attached hydrogens (tertiary/aromatic N) is 2. The molecule has 1 aromatic heterocycles. The van der Waals surface area contributed by atoms with Gasteiger partial charge in [0.1, 0.15) is 0 Å². The van der Waals surface area contributed by atoms with Crippen LogP contribution in [0, 0.1) is 0 Å². The third kappa shape index (κ3) is 3.32. The second kappa shape index (κ2) is 6.95. The first-order valence-electron chi connectivity index (χ1n) is 7.69. The van der Waals surface area contributed by atoms with Crippen LogP contribution < -0.4 is 4.90 Å². The number of rotatable bonds is 5. The van der Waals surface area contributed by atoms with Gasteiger partial charge in [-0.25, -0.2) is 0 Å². The Labute approximate surface area is 137 Å². The summed E-state index contributed by atoms with van der Waals surface area (Å²) in [6.07, 6.45) is 4.32. The van der Waals surface area contributed by atoms with E-state index in [1.165, 1.54) is 20.1 Å². The summed E-state index contributed by atoms with van der Waals surface area (Å²) >= 11 is 0.342.